The van der Waals surface area contributed by atoms with Crippen molar-refractivity contribution in [1.29, 1.82) is 0 Å². The first-order valence-electron chi connectivity index (χ1n) is 7.31. The Morgan fingerprint density at radius 1 is 0.333 bits per heavy atom. The number of hydrogen-bond acceptors (Lipinski definition) is 8. The summed E-state index contributed by atoms with van der Waals surface area (Å²) < 4.78 is 0. The van der Waals surface area contributed by atoms with Crippen molar-refractivity contribution in [3.05, 3.63) is 11.1 Å². The molecule has 0 atom stereocenters. The van der Waals surface area contributed by atoms with Crippen molar-refractivity contribution in [2.24, 2.45) is 0 Å². The molecule has 0 amide bonds. The molecule has 3 aromatic rings. The molecule has 8 heteroatoms. The molecule has 24 heavy (non-hydrogen) atoms. The molecule has 0 unspecified atom stereocenters. The van der Waals surface area contributed by atoms with E-state index in [2.05, 4.69) is 0 Å². The summed E-state index contributed by atoms with van der Waals surface area (Å²) in [6.07, 6.45) is 0. The molecule has 0 aliphatic carbocycles. The van der Waals surface area contributed by atoms with Crippen LogP contribution in [0.15, 0.2) is 0 Å². The van der Waals surface area contributed by atoms with Gasteiger partial charge < -0.3 is 45.9 Å². The van der Waals surface area contributed by atoms with E-state index in [9.17, 15) is 0 Å². The maximum atomic E-state index is 6.32. The zero-order valence-corrected chi connectivity index (χ0v) is 13.6. The van der Waals surface area contributed by atoms with Gasteiger partial charge in [0, 0.05) is 32.9 Å². The monoisotopic (exact) mass is 326 g/mol. The predicted octanol–water partition coefficient (Wildman–Crippen LogP) is 1.27. The Morgan fingerprint density at radius 2 is 0.583 bits per heavy atom. The zero-order valence-electron chi connectivity index (χ0n) is 13.6. The van der Waals surface area contributed by atoms with Crippen LogP contribution in [0, 0.1) is 13.8 Å². The van der Waals surface area contributed by atoms with Crippen LogP contribution in [0.5, 0.6) is 0 Å². The summed E-state index contributed by atoms with van der Waals surface area (Å²) in [6.45, 7) is 3.56. The summed E-state index contributed by atoms with van der Waals surface area (Å²) in [5.74, 6) is 0. The highest BCUT2D eigenvalue weighted by Crippen LogP contribution is 2.51. The number of fused-ring (bicyclic) bond motifs is 3. The number of nitrogen functional groups attached to an aromatic ring is 8. The van der Waals surface area contributed by atoms with Crippen LogP contribution < -0.4 is 45.9 Å². The highest BCUT2D eigenvalue weighted by Gasteiger charge is 2.23. The van der Waals surface area contributed by atoms with E-state index in [0.29, 0.717) is 66.8 Å². The van der Waals surface area contributed by atoms with Gasteiger partial charge in [-0.25, -0.2) is 0 Å². The van der Waals surface area contributed by atoms with Gasteiger partial charge in [0.2, 0.25) is 0 Å². The molecule has 8 nitrogen and oxygen atoms in total. The van der Waals surface area contributed by atoms with E-state index in [-0.39, 0.29) is 11.4 Å². The highest BCUT2D eigenvalue weighted by atomic mass is 14.8. The Labute approximate surface area is 138 Å². The molecule has 126 valence electrons. The lowest BCUT2D eigenvalue weighted by molar-refractivity contribution is 1.49. The van der Waals surface area contributed by atoms with Gasteiger partial charge in [-0.3, -0.25) is 0 Å². The van der Waals surface area contributed by atoms with Crippen molar-refractivity contribution < 1.29 is 0 Å². The Kier molecular flexibility index (Phi) is 2.93. The lowest BCUT2D eigenvalue weighted by Crippen LogP contribution is -2.10. The van der Waals surface area contributed by atoms with Crippen LogP contribution in [0.25, 0.3) is 21.5 Å². The van der Waals surface area contributed by atoms with Crippen LogP contribution in [-0.2, 0) is 0 Å². The minimum Gasteiger partial charge on any atom is -0.398 e. The van der Waals surface area contributed by atoms with Gasteiger partial charge in [-0.1, -0.05) is 0 Å². The van der Waals surface area contributed by atoms with E-state index >= 15 is 0 Å². The van der Waals surface area contributed by atoms with E-state index < -0.39 is 0 Å². The van der Waals surface area contributed by atoms with Gasteiger partial charge in [0.25, 0.3) is 0 Å². The summed E-state index contributed by atoms with van der Waals surface area (Å²) in [7, 11) is 0. The predicted molar refractivity (Wildman–Crippen MR) is 106 cm³/mol. The lowest BCUT2D eigenvalue weighted by atomic mass is 9.89. The van der Waals surface area contributed by atoms with Crippen molar-refractivity contribution in [1.82, 2.24) is 0 Å². The van der Waals surface area contributed by atoms with Gasteiger partial charge in [-0.15, -0.1) is 0 Å². The Balaban J connectivity index is 2.87. The molecule has 0 aromatic heterocycles. The second-order valence-corrected chi connectivity index (χ2v) is 6.06. The molecule has 0 saturated heterocycles. The molecule has 0 spiro atoms. The molecule has 0 heterocycles. The second-order valence-electron chi connectivity index (χ2n) is 6.06. The smallest absolute Gasteiger partial charge is 0.0657 e. The number of nitrogens with two attached hydrogens (primary N) is 8. The third-order valence-corrected chi connectivity index (χ3v) is 4.85. The normalized spacial score (nSPS) is 11.4. The number of benzene rings is 3. The van der Waals surface area contributed by atoms with E-state index in [4.69, 9.17) is 45.9 Å². The SMILES string of the molecule is Cc1c(N)c(N)c2c(N)c(N)c3c(N)c(N)c(C)c(N)c3c2c1N. The maximum absolute atomic E-state index is 6.32. The Morgan fingerprint density at radius 3 is 0.875 bits per heavy atom. The first-order valence-corrected chi connectivity index (χ1v) is 7.31. The third kappa shape index (κ3) is 1.56. The van der Waals surface area contributed by atoms with Gasteiger partial charge in [0.15, 0.2) is 0 Å². The van der Waals surface area contributed by atoms with E-state index in [1.807, 2.05) is 0 Å². The first-order chi connectivity index (χ1) is 11.1. The van der Waals surface area contributed by atoms with Crippen molar-refractivity contribution >= 4 is 67.0 Å². The van der Waals surface area contributed by atoms with Gasteiger partial charge in [0.1, 0.15) is 0 Å². The van der Waals surface area contributed by atoms with Crippen molar-refractivity contribution in [3.8, 4) is 0 Å². The number of hydrogen-bond donors (Lipinski definition) is 8. The number of rotatable bonds is 0. The summed E-state index contributed by atoms with van der Waals surface area (Å²) >= 11 is 0. The lowest BCUT2D eigenvalue weighted by Gasteiger charge is -2.22. The minimum atomic E-state index is 0.253. The fourth-order valence-corrected chi connectivity index (χ4v) is 3.23. The van der Waals surface area contributed by atoms with Crippen molar-refractivity contribution in [2.75, 3.05) is 45.9 Å². The van der Waals surface area contributed by atoms with Crippen LogP contribution in [0.1, 0.15) is 11.1 Å². The van der Waals surface area contributed by atoms with Gasteiger partial charge in [-0.05, 0) is 25.0 Å². The zero-order chi connectivity index (χ0) is 18.1. The molecular formula is C16H22N8. The molecule has 0 fully saturated rings. The summed E-state index contributed by atoms with van der Waals surface area (Å²) in [4.78, 5) is 0. The molecule has 3 rings (SSSR count). The van der Waals surface area contributed by atoms with Crippen molar-refractivity contribution in [2.45, 2.75) is 13.8 Å². The Bertz CT molecular complexity index is 968. The maximum Gasteiger partial charge on any atom is 0.0657 e. The molecular weight excluding hydrogens is 304 g/mol. The third-order valence-electron chi connectivity index (χ3n) is 4.85. The van der Waals surface area contributed by atoms with Crippen LogP contribution in [0.4, 0.5) is 45.5 Å². The topological polar surface area (TPSA) is 208 Å². The standard InChI is InChI=1S/C16H22N8/c1-3-9(17)5-6-8(14(22)12(20)4(2)10(6)18)16(24)15(23)7(5)13(21)11(3)19/h17-24H2,1-2H3. The molecule has 16 N–H and O–H groups in total. The molecule has 0 aliphatic rings. The van der Waals surface area contributed by atoms with Crippen molar-refractivity contribution in [3.63, 3.8) is 0 Å². The quantitative estimate of drug-likeness (QED) is 0.171. The summed E-state index contributed by atoms with van der Waals surface area (Å²) in [5, 5.41) is 2.15. The second kappa shape index (κ2) is 4.54. The molecule has 3 aromatic carbocycles. The van der Waals surface area contributed by atoms with Crippen LogP contribution >= 0.6 is 0 Å². The van der Waals surface area contributed by atoms with Crippen LogP contribution in [0.3, 0.4) is 0 Å². The summed E-state index contributed by atoms with van der Waals surface area (Å²) in [6, 6.07) is 0. The summed E-state index contributed by atoms with van der Waals surface area (Å²) in [5.41, 5.74) is 53.6. The van der Waals surface area contributed by atoms with Gasteiger partial charge >= 0.3 is 0 Å². The van der Waals surface area contributed by atoms with Gasteiger partial charge in [-0.2, -0.15) is 0 Å². The van der Waals surface area contributed by atoms with Gasteiger partial charge in [0.05, 0.1) is 34.1 Å². The van der Waals surface area contributed by atoms with Crippen LogP contribution in [0.2, 0.25) is 0 Å². The molecule has 0 bridgehead atoms. The van der Waals surface area contributed by atoms with Crippen LogP contribution in [-0.4, -0.2) is 0 Å². The molecule has 0 aliphatic heterocycles. The first kappa shape index (κ1) is 15.5. The Hall–Kier alpha value is -3.42. The highest BCUT2D eigenvalue weighted by molar-refractivity contribution is 6.33. The van der Waals surface area contributed by atoms with E-state index in [1.54, 1.807) is 13.8 Å². The van der Waals surface area contributed by atoms with E-state index in [1.165, 1.54) is 0 Å². The minimum absolute atomic E-state index is 0.253. The fraction of sp³-hybridized carbons (Fsp3) is 0.125. The average molecular weight is 326 g/mol. The largest absolute Gasteiger partial charge is 0.398 e. The average Bonchev–Trinajstić information content (AvgIpc) is 2.56. The molecule has 0 radical (unpaired) electrons. The fourth-order valence-electron chi connectivity index (χ4n) is 3.23. The van der Waals surface area contributed by atoms with E-state index in [0.717, 1.165) is 0 Å². The number of anilines is 8. The molecule has 0 saturated carbocycles.